The molecule has 0 unspecified atom stereocenters. The molecule has 0 saturated carbocycles. The van der Waals surface area contributed by atoms with E-state index >= 15 is 0 Å². The van der Waals surface area contributed by atoms with Crippen molar-refractivity contribution in [2.45, 2.75) is 74.5 Å². The minimum absolute atomic E-state index is 0.0503. The summed E-state index contributed by atoms with van der Waals surface area (Å²) in [5.41, 5.74) is 2.66. The van der Waals surface area contributed by atoms with Crippen LogP contribution in [0.3, 0.4) is 0 Å². The number of halogens is 4. The van der Waals surface area contributed by atoms with Gasteiger partial charge in [-0.25, -0.2) is 12.8 Å². The lowest BCUT2D eigenvalue weighted by atomic mass is 9.93. The van der Waals surface area contributed by atoms with Crippen molar-refractivity contribution in [1.82, 2.24) is 28.9 Å². The van der Waals surface area contributed by atoms with Crippen LogP contribution < -0.4 is 0 Å². The standard InChI is InChI=1S/C34H44F4N6O3S2/c1-49(46,47)43-17-11-31-28(23-43)33(40-44(31)22-27(45)21-42-13-7-24(8-14-42)30-4-2-3-12-39-30)25-5-6-29(34(36,37)38)32(20-25)48-19-18-41-15-9-26(35)10-16-41/h2-6,12,20,24,26-27,45H,7-11,13-19,21-23H2,1H3/t27-/m1/s1. The second-order valence-electron chi connectivity index (χ2n) is 13.4. The lowest BCUT2D eigenvalue weighted by Crippen LogP contribution is -2.40. The molecular formula is C34H44F4N6O3S2. The van der Waals surface area contributed by atoms with E-state index in [1.54, 1.807) is 4.68 Å². The summed E-state index contributed by atoms with van der Waals surface area (Å²) in [6.45, 7) is 4.29. The molecule has 268 valence electrons. The molecule has 0 aliphatic carbocycles. The van der Waals surface area contributed by atoms with Crippen LogP contribution in [-0.2, 0) is 35.7 Å². The van der Waals surface area contributed by atoms with Crippen LogP contribution >= 0.6 is 11.8 Å². The van der Waals surface area contributed by atoms with Gasteiger partial charge in [-0.15, -0.1) is 11.8 Å². The molecule has 3 aliphatic heterocycles. The Balaban J connectivity index is 1.21. The molecule has 6 rings (SSSR count). The van der Waals surface area contributed by atoms with Gasteiger partial charge in [-0.2, -0.15) is 22.6 Å². The van der Waals surface area contributed by atoms with Crippen molar-refractivity contribution >= 4 is 21.8 Å². The number of aliphatic hydroxyl groups is 1. The van der Waals surface area contributed by atoms with E-state index < -0.39 is 34.0 Å². The summed E-state index contributed by atoms with van der Waals surface area (Å²) in [6, 6.07) is 9.92. The van der Waals surface area contributed by atoms with Gasteiger partial charge in [0.1, 0.15) is 6.17 Å². The Bertz CT molecular complexity index is 1670. The molecule has 3 aromatic rings. The maximum absolute atomic E-state index is 14.1. The van der Waals surface area contributed by atoms with Crippen molar-refractivity contribution < 1.29 is 31.1 Å². The van der Waals surface area contributed by atoms with Crippen LogP contribution in [-0.4, -0.2) is 112 Å². The van der Waals surface area contributed by atoms with E-state index in [0.717, 1.165) is 61.4 Å². The van der Waals surface area contributed by atoms with Gasteiger partial charge < -0.3 is 14.9 Å². The molecule has 0 radical (unpaired) electrons. The summed E-state index contributed by atoms with van der Waals surface area (Å²) in [7, 11) is -3.53. The molecular weight excluding hydrogens is 681 g/mol. The van der Waals surface area contributed by atoms with Crippen molar-refractivity contribution in [2.24, 2.45) is 0 Å². The van der Waals surface area contributed by atoms with Crippen LogP contribution in [0.2, 0.25) is 0 Å². The maximum atomic E-state index is 14.1. The average Bonchev–Trinajstić information content (AvgIpc) is 3.43. The molecule has 1 N–H and O–H groups in total. The van der Waals surface area contributed by atoms with Crippen molar-refractivity contribution in [1.29, 1.82) is 0 Å². The van der Waals surface area contributed by atoms with Crippen molar-refractivity contribution in [3.05, 3.63) is 65.1 Å². The molecule has 2 fully saturated rings. The van der Waals surface area contributed by atoms with Gasteiger partial charge in [0.25, 0.3) is 0 Å². The minimum Gasteiger partial charge on any atom is -0.390 e. The molecule has 9 nitrogen and oxygen atoms in total. The van der Waals surface area contributed by atoms with Crippen LogP contribution in [0.5, 0.6) is 0 Å². The number of rotatable bonds is 11. The summed E-state index contributed by atoms with van der Waals surface area (Å²) < 4.78 is 84.1. The topological polar surface area (TPSA) is 94.8 Å². The lowest BCUT2D eigenvalue weighted by Gasteiger charge is -2.33. The summed E-state index contributed by atoms with van der Waals surface area (Å²) in [5.74, 6) is 0.789. The predicted octanol–water partition coefficient (Wildman–Crippen LogP) is 5.05. The molecule has 15 heteroatoms. The highest BCUT2D eigenvalue weighted by atomic mass is 32.2. The number of fused-ring (bicyclic) bond motifs is 1. The zero-order chi connectivity index (χ0) is 34.8. The van der Waals surface area contributed by atoms with E-state index in [9.17, 15) is 31.1 Å². The van der Waals surface area contributed by atoms with E-state index in [-0.39, 0.29) is 24.5 Å². The second kappa shape index (κ2) is 15.4. The van der Waals surface area contributed by atoms with Gasteiger partial charge >= 0.3 is 6.18 Å². The third kappa shape index (κ3) is 9.03. The summed E-state index contributed by atoms with van der Waals surface area (Å²) >= 11 is 1.11. The van der Waals surface area contributed by atoms with Gasteiger partial charge in [-0.3, -0.25) is 9.67 Å². The number of hydrogen-bond acceptors (Lipinski definition) is 8. The van der Waals surface area contributed by atoms with E-state index in [2.05, 4.69) is 20.9 Å². The molecule has 3 aliphatic rings. The van der Waals surface area contributed by atoms with Gasteiger partial charge in [0.2, 0.25) is 10.0 Å². The lowest BCUT2D eigenvalue weighted by molar-refractivity contribution is -0.139. The molecule has 2 saturated heterocycles. The van der Waals surface area contributed by atoms with Gasteiger partial charge in [-0.1, -0.05) is 12.1 Å². The summed E-state index contributed by atoms with van der Waals surface area (Å²) in [4.78, 5) is 8.87. The van der Waals surface area contributed by atoms with Crippen molar-refractivity contribution in [3.8, 4) is 11.3 Å². The number of thioether (sulfide) groups is 1. The third-order valence-corrected chi connectivity index (χ3v) is 12.1. The quantitative estimate of drug-likeness (QED) is 0.217. The Labute approximate surface area is 289 Å². The smallest absolute Gasteiger partial charge is 0.390 e. The first kappa shape index (κ1) is 36.2. The monoisotopic (exact) mass is 724 g/mol. The Morgan fingerprint density at radius 3 is 2.41 bits per heavy atom. The van der Waals surface area contributed by atoms with E-state index in [1.165, 1.54) is 16.4 Å². The third-order valence-electron chi connectivity index (χ3n) is 9.86. The molecule has 5 heterocycles. The number of β-amino-alcohol motifs (C(OH)–C–C–N with tert-alkyl or cyclic N) is 1. The Morgan fingerprint density at radius 1 is 1.00 bits per heavy atom. The average molecular weight is 725 g/mol. The number of hydrogen-bond donors (Lipinski definition) is 1. The number of benzene rings is 1. The molecule has 0 amide bonds. The van der Waals surface area contributed by atoms with Crippen LogP contribution in [0.25, 0.3) is 11.3 Å². The highest BCUT2D eigenvalue weighted by molar-refractivity contribution is 7.99. The van der Waals surface area contributed by atoms with E-state index in [0.29, 0.717) is 73.9 Å². The second-order valence-corrected chi connectivity index (χ2v) is 16.5. The SMILES string of the molecule is CS(=O)(=O)N1CCc2c(c(-c3ccc(C(F)(F)F)c(SCCN4CCC(F)CC4)c3)nn2C[C@H](O)CN2CCC(c3ccccn3)CC2)C1. The number of aliphatic hydroxyl groups excluding tert-OH is 1. The van der Waals surface area contributed by atoms with Crippen LogP contribution in [0.15, 0.2) is 47.5 Å². The van der Waals surface area contributed by atoms with Gasteiger partial charge in [-0.05, 0) is 63.0 Å². The fourth-order valence-electron chi connectivity index (χ4n) is 7.15. The maximum Gasteiger partial charge on any atom is 0.417 e. The van der Waals surface area contributed by atoms with Crippen LogP contribution in [0.4, 0.5) is 17.6 Å². The number of pyridine rings is 1. The van der Waals surface area contributed by atoms with E-state index in [4.69, 9.17) is 5.10 Å². The number of aromatic nitrogens is 3. The Morgan fingerprint density at radius 2 is 1.73 bits per heavy atom. The minimum atomic E-state index is -4.56. The first-order chi connectivity index (χ1) is 23.3. The highest BCUT2D eigenvalue weighted by Crippen LogP contribution is 2.40. The molecule has 1 aromatic carbocycles. The van der Waals surface area contributed by atoms with Gasteiger partial charge in [0, 0.05) is 91.0 Å². The van der Waals surface area contributed by atoms with E-state index in [1.807, 2.05) is 18.3 Å². The fourth-order valence-corrected chi connectivity index (χ4v) is 9.05. The number of piperidine rings is 2. The fraction of sp³-hybridized carbons (Fsp3) is 0.588. The number of sulfonamides is 1. The first-order valence-corrected chi connectivity index (χ1v) is 19.7. The zero-order valence-corrected chi connectivity index (χ0v) is 29.3. The van der Waals surface area contributed by atoms with Gasteiger partial charge in [0.05, 0.1) is 30.2 Å². The first-order valence-electron chi connectivity index (χ1n) is 16.9. The largest absolute Gasteiger partial charge is 0.417 e. The van der Waals surface area contributed by atoms with Crippen molar-refractivity contribution in [3.63, 3.8) is 0 Å². The summed E-state index contributed by atoms with van der Waals surface area (Å²) in [5, 5.41) is 16.0. The number of nitrogens with zero attached hydrogens (tertiary/aromatic N) is 6. The molecule has 49 heavy (non-hydrogen) atoms. The van der Waals surface area contributed by atoms with Gasteiger partial charge in [0.15, 0.2) is 0 Å². The predicted molar refractivity (Wildman–Crippen MR) is 182 cm³/mol. The molecule has 2 aromatic heterocycles. The van der Waals surface area contributed by atoms with Crippen molar-refractivity contribution in [2.75, 3.05) is 57.8 Å². The Kier molecular flexibility index (Phi) is 11.4. The Hall–Kier alpha value is -2.56. The summed E-state index contributed by atoms with van der Waals surface area (Å²) in [6.07, 6.45) is -0.0545. The number of likely N-dealkylation sites (tertiary alicyclic amines) is 2. The van der Waals surface area contributed by atoms with Crippen LogP contribution in [0.1, 0.15) is 54.1 Å². The molecule has 1 atom stereocenters. The molecule has 0 spiro atoms. The van der Waals surface area contributed by atoms with Crippen LogP contribution in [0, 0.1) is 0 Å². The highest BCUT2D eigenvalue weighted by Gasteiger charge is 2.35. The molecule has 0 bridgehead atoms. The zero-order valence-electron chi connectivity index (χ0n) is 27.7. The number of alkyl halides is 4. The normalized spacial score (nSPS) is 20.0.